The molecule has 18 heavy (non-hydrogen) atoms. The predicted molar refractivity (Wildman–Crippen MR) is 66.4 cm³/mol. The van der Waals surface area contributed by atoms with E-state index in [1.807, 2.05) is 18.2 Å². The van der Waals surface area contributed by atoms with Crippen LogP contribution in [-0.4, -0.2) is 12.8 Å². The highest BCUT2D eigenvalue weighted by molar-refractivity contribution is 5.69. The molecule has 1 heterocycles. The highest BCUT2D eigenvalue weighted by atomic mass is 16.7. The predicted octanol–water partition coefficient (Wildman–Crippen LogP) is 2.89. The zero-order valence-corrected chi connectivity index (χ0v) is 10.8. The van der Waals surface area contributed by atoms with E-state index in [4.69, 9.17) is 14.2 Å². The Bertz CT molecular complexity index is 426. The van der Waals surface area contributed by atoms with Crippen molar-refractivity contribution in [3.05, 3.63) is 23.8 Å². The minimum atomic E-state index is -0.152. The molecule has 0 spiro atoms. The van der Waals surface area contributed by atoms with E-state index in [9.17, 15) is 4.79 Å². The molecule has 0 fully saturated rings. The van der Waals surface area contributed by atoms with Crippen LogP contribution in [0.4, 0.5) is 0 Å². The van der Waals surface area contributed by atoms with Gasteiger partial charge in [0, 0.05) is 6.42 Å². The first-order valence-electron chi connectivity index (χ1n) is 6.19. The van der Waals surface area contributed by atoms with Gasteiger partial charge in [0.25, 0.3) is 0 Å². The molecular weight excluding hydrogens is 232 g/mol. The van der Waals surface area contributed by atoms with Crippen LogP contribution < -0.4 is 9.47 Å². The van der Waals surface area contributed by atoms with E-state index in [1.54, 1.807) is 0 Å². The second kappa shape index (κ2) is 5.76. The first-order valence-corrected chi connectivity index (χ1v) is 6.19. The first kappa shape index (κ1) is 12.7. The van der Waals surface area contributed by atoms with Gasteiger partial charge in [-0.3, -0.25) is 4.79 Å². The highest BCUT2D eigenvalue weighted by Crippen LogP contribution is 2.32. The summed E-state index contributed by atoms with van der Waals surface area (Å²) in [4.78, 5) is 11.5. The van der Waals surface area contributed by atoms with Gasteiger partial charge in [0.1, 0.15) is 6.61 Å². The number of benzene rings is 1. The lowest BCUT2D eigenvalue weighted by Gasteiger charge is -2.07. The van der Waals surface area contributed by atoms with Gasteiger partial charge in [0.15, 0.2) is 11.5 Å². The highest BCUT2D eigenvalue weighted by Gasteiger charge is 2.13. The number of carbonyl (C=O) groups excluding carboxylic acids is 1. The van der Waals surface area contributed by atoms with Crippen molar-refractivity contribution in [1.29, 1.82) is 0 Å². The molecule has 0 aliphatic carbocycles. The molecule has 0 amide bonds. The zero-order valence-electron chi connectivity index (χ0n) is 10.8. The topological polar surface area (TPSA) is 44.8 Å². The molecule has 1 aliphatic rings. The van der Waals surface area contributed by atoms with E-state index in [1.165, 1.54) is 0 Å². The number of esters is 1. The molecule has 0 aromatic heterocycles. The van der Waals surface area contributed by atoms with Crippen molar-refractivity contribution in [3.8, 4) is 11.5 Å². The Balaban J connectivity index is 1.81. The maximum absolute atomic E-state index is 11.5. The average molecular weight is 250 g/mol. The van der Waals surface area contributed by atoms with Crippen molar-refractivity contribution in [3.63, 3.8) is 0 Å². The Labute approximate surface area is 107 Å². The van der Waals surface area contributed by atoms with Crippen molar-refractivity contribution in [2.45, 2.75) is 33.3 Å². The Kier molecular flexibility index (Phi) is 4.07. The van der Waals surface area contributed by atoms with Gasteiger partial charge in [-0.1, -0.05) is 19.9 Å². The number of rotatable bonds is 5. The van der Waals surface area contributed by atoms with Gasteiger partial charge in [-0.15, -0.1) is 0 Å². The molecule has 0 saturated carbocycles. The molecule has 0 radical (unpaired) electrons. The molecular formula is C14H18O4. The molecule has 4 nitrogen and oxygen atoms in total. The van der Waals surface area contributed by atoms with E-state index >= 15 is 0 Å². The van der Waals surface area contributed by atoms with Gasteiger partial charge in [-0.25, -0.2) is 0 Å². The molecule has 0 N–H and O–H groups in total. The fraction of sp³-hybridized carbons (Fsp3) is 0.500. The third kappa shape index (κ3) is 3.39. The van der Waals surface area contributed by atoms with Crippen LogP contribution in [0.25, 0.3) is 0 Å². The Morgan fingerprint density at radius 1 is 1.33 bits per heavy atom. The molecule has 0 bridgehead atoms. The maximum Gasteiger partial charge on any atom is 0.306 e. The van der Waals surface area contributed by atoms with Gasteiger partial charge in [-0.2, -0.15) is 0 Å². The van der Waals surface area contributed by atoms with E-state index in [0.29, 0.717) is 18.1 Å². The van der Waals surface area contributed by atoms with Gasteiger partial charge in [0.05, 0.1) is 0 Å². The molecule has 0 unspecified atom stereocenters. The second-order valence-corrected chi connectivity index (χ2v) is 4.78. The minimum Gasteiger partial charge on any atom is -0.461 e. The van der Waals surface area contributed by atoms with Crippen molar-refractivity contribution < 1.29 is 19.0 Å². The summed E-state index contributed by atoms with van der Waals surface area (Å²) in [6.45, 7) is 4.72. The van der Waals surface area contributed by atoms with E-state index in [0.717, 1.165) is 17.7 Å². The van der Waals surface area contributed by atoms with Crippen LogP contribution in [0.15, 0.2) is 18.2 Å². The number of fused-ring (bicyclic) bond motifs is 1. The number of hydrogen-bond acceptors (Lipinski definition) is 4. The Morgan fingerprint density at radius 3 is 2.89 bits per heavy atom. The largest absolute Gasteiger partial charge is 0.461 e. The summed E-state index contributed by atoms with van der Waals surface area (Å²) in [5.41, 5.74) is 0.914. The van der Waals surface area contributed by atoms with Crippen LogP contribution in [0.5, 0.6) is 11.5 Å². The lowest BCUT2D eigenvalue weighted by molar-refractivity contribution is -0.145. The molecule has 2 rings (SSSR count). The monoisotopic (exact) mass is 250 g/mol. The van der Waals surface area contributed by atoms with Crippen LogP contribution in [0.1, 0.15) is 32.3 Å². The first-order chi connectivity index (χ1) is 8.65. The fourth-order valence-electron chi connectivity index (χ4n) is 1.67. The quantitative estimate of drug-likeness (QED) is 0.754. The number of carbonyl (C=O) groups is 1. The van der Waals surface area contributed by atoms with Crippen molar-refractivity contribution >= 4 is 5.97 Å². The standard InChI is InChI=1S/C14H18O4/c1-10(2)3-6-14(15)16-8-11-4-5-12-13(7-11)18-9-17-12/h4-5,7,10H,3,6,8-9H2,1-2H3. The van der Waals surface area contributed by atoms with Crippen LogP contribution in [0, 0.1) is 5.92 Å². The van der Waals surface area contributed by atoms with Crippen LogP contribution in [0.3, 0.4) is 0 Å². The van der Waals surface area contributed by atoms with Gasteiger partial charge in [-0.05, 0) is 30.0 Å². The summed E-state index contributed by atoms with van der Waals surface area (Å²) in [7, 11) is 0. The van der Waals surface area contributed by atoms with Crippen molar-refractivity contribution in [2.75, 3.05) is 6.79 Å². The van der Waals surface area contributed by atoms with Gasteiger partial charge < -0.3 is 14.2 Å². The number of hydrogen-bond donors (Lipinski definition) is 0. The lowest BCUT2D eigenvalue weighted by Crippen LogP contribution is -2.05. The third-order valence-electron chi connectivity index (χ3n) is 2.76. The SMILES string of the molecule is CC(C)CCC(=O)OCc1ccc2c(c1)OCO2. The van der Waals surface area contributed by atoms with Crippen molar-refractivity contribution in [2.24, 2.45) is 5.92 Å². The minimum absolute atomic E-state index is 0.152. The zero-order chi connectivity index (χ0) is 13.0. The number of ether oxygens (including phenoxy) is 3. The van der Waals surface area contributed by atoms with Gasteiger partial charge >= 0.3 is 5.97 Å². The van der Waals surface area contributed by atoms with E-state index in [-0.39, 0.29) is 19.4 Å². The molecule has 1 aromatic rings. The summed E-state index contributed by atoms with van der Waals surface area (Å²) in [5, 5.41) is 0. The molecule has 0 atom stereocenters. The summed E-state index contributed by atoms with van der Waals surface area (Å²) < 4.78 is 15.7. The Morgan fingerprint density at radius 2 is 2.11 bits per heavy atom. The molecule has 98 valence electrons. The summed E-state index contributed by atoms with van der Waals surface area (Å²) in [6.07, 6.45) is 1.34. The summed E-state index contributed by atoms with van der Waals surface area (Å²) >= 11 is 0. The van der Waals surface area contributed by atoms with E-state index < -0.39 is 0 Å². The van der Waals surface area contributed by atoms with Crippen molar-refractivity contribution in [1.82, 2.24) is 0 Å². The fourth-order valence-corrected chi connectivity index (χ4v) is 1.67. The summed E-state index contributed by atoms with van der Waals surface area (Å²) in [6, 6.07) is 5.56. The van der Waals surface area contributed by atoms with Crippen LogP contribution in [-0.2, 0) is 16.1 Å². The normalized spacial score (nSPS) is 12.8. The lowest BCUT2D eigenvalue weighted by atomic mass is 10.1. The molecule has 1 aromatic carbocycles. The summed E-state index contributed by atoms with van der Waals surface area (Å²) in [5.74, 6) is 1.82. The van der Waals surface area contributed by atoms with E-state index in [2.05, 4.69) is 13.8 Å². The Hall–Kier alpha value is -1.71. The van der Waals surface area contributed by atoms with Crippen LogP contribution >= 0.6 is 0 Å². The average Bonchev–Trinajstić information content (AvgIpc) is 2.81. The smallest absolute Gasteiger partial charge is 0.306 e. The second-order valence-electron chi connectivity index (χ2n) is 4.78. The van der Waals surface area contributed by atoms with Gasteiger partial charge in [0.2, 0.25) is 6.79 Å². The molecule has 0 saturated heterocycles. The van der Waals surface area contributed by atoms with Crippen LogP contribution in [0.2, 0.25) is 0 Å². The third-order valence-corrected chi connectivity index (χ3v) is 2.76. The molecule has 1 aliphatic heterocycles. The maximum atomic E-state index is 11.5. The molecule has 4 heteroatoms.